The van der Waals surface area contributed by atoms with E-state index < -0.39 is 6.10 Å². The van der Waals surface area contributed by atoms with Crippen LogP contribution in [-0.4, -0.2) is 18.8 Å². The summed E-state index contributed by atoms with van der Waals surface area (Å²) in [4.78, 5) is 0. The van der Waals surface area contributed by atoms with E-state index in [-0.39, 0.29) is 0 Å². The van der Waals surface area contributed by atoms with Crippen LogP contribution in [0, 0.1) is 0 Å². The Morgan fingerprint density at radius 2 is 2.07 bits per heavy atom. The van der Waals surface area contributed by atoms with E-state index in [1.54, 1.807) is 20.1 Å². The van der Waals surface area contributed by atoms with E-state index in [1.807, 2.05) is 12.1 Å². The number of rotatable bonds is 5. The summed E-state index contributed by atoms with van der Waals surface area (Å²) in [5.74, 6) is 1.39. The van der Waals surface area contributed by atoms with Crippen LogP contribution in [0.1, 0.15) is 31.9 Å². The first-order valence-electron chi connectivity index (χ1n) is 5.17. The van der Waals surface area contributed by atoms with Gasteiger partial charge in [0.2, 0.25) is 0 Å². The van der Waals surface area contributed by atoms with Gasteiger partial charge in [0.1, 0.15) is 0 Å². The van der Waals surface area contributed by atoms with Crippen LogP contribution in [0.4, 0.5) is 0 Å². The van der Waals surface area contributed by atoms with Crippen LogP contribution < -0.4 is 9.47 Å². The van der Waals surface area contributed by atoms with Crippen LogP contribution in [-0.2, 0) is 0 Å². The Hall–Kier alpha value is -1.22. The van der Waals surface area contributed by atoms with E-state index in [1.165, 1.54) is 0 Å². The number of methoxy groups -OCH3 is 1. The summed E-state index contributed by atoms with van der Waals surface area (Å²) in [7, 11) is 1.60. The summed E-state index contributed by atoms with van der Waals surface area (Å²) in [5.41, 5.74) is 0.829. The molecule has 1 atom stereocenters. The quantitative estimate of drug-likeness (QED) is 0.811. The first-order chi connectivity index (χ1) is 7.19. The van der Waals surface area contributed by atoms with Gasteiger partial charge in [-0.15, -0.1) is 0 Å². The van der Waals surface area contributed by atoms with Crippen molar-refractivity contribution in [3.63, 3.8) is 0 Å². The zero-order valence-electron chi connectivity index (χ0n) is 9.49. The minimum absolute atomic E-state index is 0.487. The Morgan fingerprint density at radius 3 is 2.60 bits per heavy atom. The van der Waals surface area contributed by atoms with Crippen LogP contribution >= 0.6 is 0 Å². The van der Waals surface area contributed by atoms with Gasteiger partial charge in [-0.2, -0.15) is 0 Å². The fourth-order valence-electron chi connectivity index (χ4n) is 1.28. The maximum absolute atomic E-state index is 9.41. The molecule has 0 aliphatic carbocycles. The molecule has 3 nitrogen and oxygen atoms in total. The molecule has 0 aromatic heterocycles. The van der Waals surface area contributed by atoms with Crippen molar-refractivity contribution < 1.29 is 14.6 Å². The molecular formula is C12H18O3. The van der Waals surface area contributed by atoms with Crippen LogP contribution in [0.5, 0.6) is 11.5 Å². The Kier molecular flexibility index (Phi) is 4.43. The monoisotopic (exact) mass is 210 g/mol. The zero-order chi connectivity index (χ0) is 11.3. The maximum Gasteiger partial charge on any atom is 0.161 e. The van der Waals surface area contributed by atoms with Gasteiger partial charge in [0.05, 0.1) is 19.8 Å². The second-order valence-corrected chi connectivity index (χ2v) is 3.43. The molecule has 0 spiro atoms. The normalized spacial score (nSPS) is 12.3. The molecule has 0 fully saturated rings. The second kappa shape index (κ2) is 5.61. The summed E-state index contributed by atoms with van der Waals surface area (Å²) in [6.07, 6.45) is 0.473. The standard InChI is InChI=1S/C12H18O3/c1-4-7-15-11-6-5-10(9(2)13)8-12(11)14-3/h5-6,8-9,13H,4,7H2,1-3H3/t9-/m1/s1. The highest BCUT2D eigenvalue weighted by molar-refractivity contribution is 5.43. The molecule has 0 bridgehead atoms. The number of aliphatic hydroxyl groups excluding tert-OH is 1. The minimum atomic E-state index is -0.487. The SMILES string of the molecule is CCCOc1ccc([C@@H](C)O)cc1OC. The number of aliphatic hydroxyl groups is 1. The number of hydrogen-bond donors (Lipinski definition) is 1. The van der Waals surface area contributed by atoms with E-state index in [9.17, 15) is 5.11 Å². The van der Waals surface area contributed by atoms with E-state index in [0.717, 1.165) is 17.7 Å². The van der Waals surface area contributed by atoms with Crippen molar-refractivity contribution in [3.8, 4) is 11.5 Å². The van der Waals surface area contributed by atoms with E-state index >= 15 is 0 Å². The Bertz CT molecular complexity index is 308. The number of benzene rings is 1. The number of ether oxygens (including phenoxy) is 2. The van der Waals surface area contributed by atoms with Crippen LogP contribution in [0.2, 0.25) is 0 Å². The average molecular weight is 210 g/mol. The van der Waals surface area contributed by atoms with Crippen LogP contribution in [0.15, 0.2) is 18.2 Å². The molecule has 0 amide bonds. The molecule has 84 valence electrons. The molecule has 0 saturated heterocycles. The van der Waals surface area contributed by atoms with Gasteiger partial charge in [0.25, 0.3) is 0 Å². The smallest absolute Gasteiger partial charge is 0.161 e. The van der Waals surface area contributed by atoms with Crippen molar-refractivity contribution >= 4 is 0 Å². The molecule has 1 N–H and O–H groups in total. The predicted molar refractivity (Wildman–Crippen MR) is 59.4 cm³/mol. The summed E-state index contributed by atoms with van der Waals surface area (Å²) in [5, 5.41) is 9.41. The highest BCUT2D eigenvalue weighted by Crippen LogP contribution is 2.30. The van der Waals surface area contributed by atoms with E-state index in [2.05, 4.69) is 6.92 Å². The molecule has 0 saturated carbocycles. The molecule has 15 heavy (non-hydrogen) atoms. The van der Waals surface area contributed by atoms with Crippen LogP contribution in [0.25, 0.3) is 0 Å². The van der Waals surface area contributed by atoms with Gasteiger partial charge in [-0.25, -0.2) is 0 Å². The highest BCUT2D eigenvalue weighted by Gasteiger charge is 2.08. The summed E-state index contributed by atoms with van der Waals surface area (Å²) < 4.78 is 10.7. The molecule has 0 heterocycles. The van der Waals surface area contributed by atoms with Crippen molar-refractivity contribution in [2.24, 2.45) is 0 Å². The lowest BCUT2D eigenvalue weighted by molar-refractivity contribution is 0.198. The molecule has 0 aliphatic rings. The Balaban J connectivity index is 2.88. The van der Waals surface area contributed by atoms with Crippen molar-refractivity contribution in [1.29, 1.82) is 0 Å². The minimum Gasteiger partial charge on any atom is -0.493 e. The van der Waals surface area contributed by atoms with E-state index in [0.29, 0.717) is 12.4 Å². The highest BCUT2D eigenvalue weighted by atomic mass is 16.5. The largest absolute Gasteiger partial charge is 0.493 e. The van der Waals surface area contributed by atoms with Gasteiger partial charge >= 0.3 is 0 Å². The topological polar surface area (TPSA) is 38.7 Å². The summed E-state index contributed by atoms with van der Waals surface area (Å²) >= 11 is 0. The van der Waals surface area contributed by atoms with Gasteiger partial charge < -0.3 is 14.6 Å². The first-order valence-corrected chi connectivity index (χ1v) is 5.17. The molecule has 1 rings (SSSR count). The van der Waals surface area contributed by atoms with Gasteiger partial charge in [-0.05, 0) is 31.0 Å². The lowest BCUT2D eigenvalue weighted by Crippen LogP contribution is -1.99. The number of hydrogen-bond acceptors (Lipinski definition) is 3. The summed E-state index contributed by atoms with van der Waals surface area (Å²) in [6.45, 7) is 4.45. The van der Waals surface area contributed by atoms with Crippen molar-refractivity contribution in [2.45, 2.75) is 26.4 Å². The van der Waals surface area contributed by atoms with E-state index in [4.69, 9.17) is 9.47 Å². The Morgan fingerprint density at radius 1 is 1.33 bits per heavy atom. The second-order valence-electron chi connectivity index (χ2n) is 3.43. The first kappa shape index (κ1) is 11.9. The molecule has 3 heteroatoms. The lowest BCUT2D eigenvalue weighted by atomic mass is 10.1. The molecular weight excluding hydrogens is 192 g/mol. The van der Waals surface area contributed by atoms with Crippen LogP contribution in [0.3, 0.4) is 0 Å². The van der Waals surface area contributed by atoms with Crippen molar-refractivity contribution in [2.75, 3.05) is 13.7 Å². The zero-order valence-corrected chi connectivity index (χ0v) is 9.49. The average Bonchev–Trinajstić information content (AvgIpc) is 2.25. The van der Waals surface area contributed by atoms with Crippen molar-refractivity contribution in [3.05, 3.63) is 23.8 Å². The molecule has 1 aromatic rings. The maximum atomic E-state index is 9.41. The fourth-order valence-corrected chi connectivity index (χ4v) is 1.28. The van der Waals surface area contributed by atoms with Gasteiger partial charge in [-0.3, -0.25) is 0 Å². The molecule has 1 aromatic carbocycles. The molecule has 0 unspecified atom stereocenters. The lowest BCUT2D eigenvalue weighted by Gasteiger charge is -2.12. The predicted octanol–water partition coefficient (Wildman–Crippen LogP) is 2.54. The van der Waals surface area contributed by atoms with Crippen molar-refractivity contribution in [1.82, 2.24) is 0 Å². The third-order valence-electron chi connectivity index (χ3n) is 2.13. The fraction of sp³-hybridized carbons (Fsp3) is 0.500. The third kappa shape index (κ3) is 3.13. The van der Waals surface area contributed by atoms with Gasteiger partial charge in [-0.1, -0.05) is 13.0 Å². The molecule has 0 radical (unpaired) electrons. The third-order valence-corrected chi connectivity index (χ3v) is 2.13. The molecule has 0 aliphatic heterocycles. The van der Waals surface area contributed by atoms with Gasteiger partial charge in [0, 0.05) is 0 Å². The van der Waals surface area contributed by atoms with Gasteiger partial charge in [0.15, 0.2) is 11.5 Å². The summed E-state index contributed by atoms with van der Waals surface area (Å²) in [6, 6.07) is 5.48. The Labute approximate surface area is 90.6 Å².